The predicted octanol–water partition coefficient (Wildman–Crippen LogP) is -6.14. The van der Waals surface area contributed by atoms with E-state index in [-0.39, 0.29) is 45.3 Å². The van der Waals surface area contributed by atoms with E-state index in [1.54, 1.807) is 0 Å². The molecule has 1 aliphatic heterocycles. The number of carbonyl (C=O) groups excluding carboxylic acids is 11. The van der Waals surface area contributed by atoms with Crippen molar-refractivity contribution in [3.8, 4) is 0 Å². The fourth-order valence-electron chi connectivity index (χ4n) is 8.52. The van der Waals surface area contributed by atoms with Crippen molar-refractivity contribution in [3.63, 3.8) is 0 Å². The third-order valence-corrected chi connectivity index (χ3v) is 13.7. The molecule has 1 rings (SSSR count). The van der Waals surface area contributed by atoms with Gasteiger partial charge in [0.25, 0.3) is 11.8 Å². The number of aliphatic hydroxyl groups is 5. The van der Waals surface area contributed by atoms with Gasteiger partial charge >= 0.3 is 11.9 Å². The molecule has 0 aromatic heterocycles. The first-order chi connectivity index (χ1) is 40.8. The van der Waals surface area contributed by atoms with Crippen LogP contribution in [-0.2, 0) is 62.3 Å². The number of amides is 10. The van der Waals surface area contributed by atoms with Crippen molar-refractivity contribution in [1.29, 1.82) is 0 Å². The van der Waals surface area contributed by atoms with Gasteiger partial charge < -0.3 is 106 Å². The highest BCUT2D eigenvalue weighted by Gasteiger charge is 2.41. The topological polar surface area (TPSA) is 534 Å². The number of alkyl halides is 1. The molecule has 0 aliphatic carbocycles. The van der Waals surface area contributed by atoms with Crippen molar-refractivity contribution >= 4 is 82.6 Å². The van der Waals surface area contributed by atoms with Crippen molar-refractivity contribution in [2.45, 2.75) is 203 Å². The molecule has 1 aliphatic rings. The van der Waals surface area contributed by atoms with Crippen LogP contribution in [-0.4, -0.2) is 220 Å². The fourth-order valence-corrected chi connectivity index (χ4v) is 8.70. The summed E-state index contributed by atoms with van der Waals surface area (Å²) in [6, 6.07) is -15.7. The molecule has 1 saturated heterocycles. The summed E-state index contributed by atoms with van der Waals surface area (Å²) in [7, 11) is 0. The molecule has 10 amide bonds. The number of carboxylic acids is 1. The number of cyclic esters (lactones) is 1. The van der Waals surface area contributed by atoms with Gasteiger partial charge in [-0.2, -0.15) is 0 Å². The van der Waals surface area contributed by atoms with Gasteiger partial charge in [-0.15, -0.1) is 11.6 Å². The highest BCUT2D eigenvalue weighted by atomic mass is 35.5. The molecule has 33 heteroatoms. The second kappa shape index (κ2) is 43.1. The van der Waals surface area contributed by atoms with Gasteiger partial charge in [-0.05, 0) is 72.0 Å². The monoisotopic (exact) mass is 1250 g/mol. The van der Waals surface area contributed by atoms with Crippen molar-refractivity contribution < 1.29 is 92.9 Å². The summed E-state index contributed by atoms with van der Waals surface area (Å²) < 4.78 is 5.34. The molecular weight excluding hydrogens is 1160 g/mol. The van der Waals surface area contributed by atoms with E-state index in [4.69, 9.17) is 33.5 Å². The molecule has 32 nitrogen and oxygen atoms in total. The van der Waals surface area contributed by atoms with Crippen LogP contribution in [0.15, 0.2) is 11.8 Å². The minimum atomic E-state index is -2.59. The number of carbonyl (C=O) groups is 12. The highest BCUT2D eigenvalue weighted by molar-refractivity contribution is 6.18. The molecule has 1 fully saturated rings. The van der Waals surface area contributed by atoms with Gasteiger partial charge in [0.2, 0.25) is 47.3 Å². The summed E-state index contributed by atoms with van der Waals surface area (Å²) >= 11 is 5.92. The van der Waals surface area contributed by atoms with Crippen LogP contribution < -0.4 is 70.4 Å². The average molecular weight is 1250 g/mol. The lowest BCUT2D eigenvalue weighted by molar-refractivity contribution is -0.154. The minimum Gasteiger partial charge on any atom is -0.481 e. The molecule has 0 aromatic rings. The summed E-state index contributed by atoms with van der Waals surface area (Å²) in [5.74, 6) is -16.8. The van der Waals surface area contributed by atoms with Crippen LogP contribution in [0.3, 0.4) is 0 Å². The normalized spacial score (nSPS) is 24.0. The molecular formula is C53H92ClN13O19. The Morgan fingerprint density at radius 3 is 1.70 bits per heavy atom. The molecule has 86 heavy (non-hydrogen) atoms. The van der Waals surface area contributed by atoms with E-state index in [9.17, 15) is 88.2 Å². The molecule has 0 saturated carbocycles. The van der Waals surface area contributed by atoms with Crippen LogP contribution in [0, 0.1) is 0 Å². The minimum absolute atomic E-state index is 0.123. The Labute approximate surface area is 504 Å². The van der Waals surface area contributed by atoms with E-state index < -0.39 is 194 Å². The van der Waals surface area contributed by atoms with Crippen LogP contribution in [0.25, 0.3) is 0 Å². The summed E-state index contributed by atoms with van der Waals surface area (Å²) in [5, 5.41) is 84.9. The maximum Gasteiger partial charge on any atom is 0.331 e. The Bertz CT molecular complexity index is 2250. The number of allylic oxidation sites excluding steroid dienone is 1. The lowest BCUT2D eigenvalue weighted by Crippen LogP contribution is -2.63. The number of hydrogen-bond donors (Lipinski definition) is 19. The predicted molar refractivity (Wildman–Crippen MR) is 308 cm³/mol. The molecule has 490 valence electrons. The van der Waals surface area contributed by atoms with E-state index in [1.807, 2.05) is 10.6 Å². The highest BCUT2D eigenvalue weighted by Crippen LogP contribution is 2.14. The molecule has 22 N–H and O–H groups in total. The number of unbranched alkanes of at least 4 members (excludes halogenated alkanes) is 9. The molecule has 1 unspecified atom stereocenters. The lowest BCUT2D eigenvalue weighted by Gasteiger charge is -2.29. The van der Waals surface area contributed by atoms with Crippen molar-refractivity contribution in [1.82, 2.24) is 53.2 Å². The number of aliphatic hydroxyl groups excluding tert-OH is 5. The number of rotatable bonds is 30. The van der Waals surface area contributed by atoms with Crippen LogP contribution in [0.5, 0.6) is 0 Å². The van der Waals surface area contributed by atoms with E-state index in [0.29, 0.717) is 12.8 Å². The zero-order valence-electron chi connectivity index (χ0n) is 49.1. The van der Waals surface area contributed by atoms with Crippen molar-refractivity contribution in [2.24, 2.45) is 17.2 Å². The van der Waals surface area contributed by atoms with Gasteiger partial charge in [-0.25, -0.2) is 4.79 Å². The number of nitrogens with one attached hydrogen (secondary N) is 10. The standard InChI is InChI=1S/C53H92ClN13O19/c1-4-6-7-8-9-10-11-12-13-16-30(70)25-38(72)59-36-28-86-53(85)41(37(71)27-54)66-51(83)42(43(75)52(84)58-23-24-68)67-44(76)31(5-2)60-50(82)40(29(3)69)65-47(79)34(19-22-57)62-45(77)32(17-14-15-20-55)61-48(80)35(26-39(73)74)64-46(78)33(18-21-56)63-49(36)81/h5,29-30,32-37,40-43,68-71,75H,4,6-28,55-57H2,1-3H3,(H,58,84)(H,59,72)(H,60,82)(H,61,80)(H,62,77)(H,63,81)(H,64,78)(H,65,79)(H,66,83)(H,67,76)(H,73,74)/b31-5+/t29-,30-,32-,33+,34-,35-,36-,37+,40-,41-,42-,43?/m0/s1. The van der Waals surface area contributed by atoms with Gasteiger partial charge in [0, 0.05) is 6.54 Å². The third-order valence-electron chi connectivity index (χ3n) is 13.4. The van der Waals surface area contributed by atoms with Gasteiger partial charge in [0.15, 0.2) is 12.1 Å². The smallest absolute Gasteiger partial charge is 0.331 e. The van der Waals surface area contributed by atoms with Crippen LogP contribution in [0.2, 0.25) is 0 Å². The largest absolute Gasteiger partial charge is 0.481 e. The van der Waals surface area contributed by atoms with Crippen molar-refractivity contribution in [2.75, 3.05) is 45.3 Å². The van der Waals surface area contributed by atoms with Gasteiger partial charge in [-0.1, -0.05) is 70.8 Å². The SMILES string of the molecule is C/C=C1/NC(=O)[C@H]([C@H](C)O)NC(=O)[C@H](CCN)NC(=O)[C@H](CCCCN)NC(=O)[C@H](CC(=O)O)NC(=O)[C@@H](CCN)NC(=O)[C@@H](NC(=O)C[C@@H](O)CCCCCCCCCCC)COC(=O)[C@H]([C@H](O)CCl)NC(=O)[C@H](C(O)C(=O)NCCO)NC1=O. The Hall–Kier alpha value is -6.65. The number of ether oxygens (including phenoxy) is 1. The third kappa shape index (κ3) is 29.2. The molecule has 0 spiro atoms. The van der Waals surface area contributed by atoms with Gasteiger partial charge in [-0.3, -0.25) is 52.7 Å². The number of carboxylic acid groups (broad SMARTS) is 1. The van der Waals surface area contributed by atoms with E-state index >= 15 is 0 Å². The lowest BCUT2D eigenvalue weighted by atomic mass is 10.0. The molecule has 0 aromatic carbocycles. The molecule has 0 bridgehead atoms. The average Bonchev–Trinajstić information content (AvgIpc) is 3.61. The molecule has 12 atom stereocenters. The fraction of sp³-hybridized carbons (Fsp3) is 0.736. The summed E-state index contributed by atoms with van der Waals surface area (Å²) in [5.41, 5.74) is 16.5. The molecule has 1 heterocycles. The quantitative estimate of drug-likeness (QED) is 0.0138. The maximum absolute atomic E-state index is 14.2. The first kappa shape index (κ1) is 77.4. The number of nitrogens with two attached hydrogens (primary N) is 3. The number of aliphatic carboxylic acids is 1. The number of hydrogen-bond acceptors (Lipinski definition) is 21. The maximum atomic E-state index is 14.2. The Kier molecular flexibility index (Phi) is 38.7. The van der Waals surface area contributed by atoms with Gasteiger partial charge in [0.05, 0.1) is 43.6 Å². The first-order valence-corrected chi connectivity index (χ1v) is 29.4. The zero-order valence-corrected chi connectivity index (χ0v) is 49.8. The summed E-state index contributed by atoms with van der Waals surface area (Å²) in [6.07, 6.45) is -0.0557. The van der Waals surface area contributed by atoms with E-state index in [1.165, 1.54) is 6.92 Å². The van der Waals surface area contributed by atoms with E-state index in [2.05, 4.69) is 49.5 Å². The first-order valence-electron chi connectivity index (χ1n) is 28.9. The zero-order chi connectivity index (χ0) is 64.9. The summed E-state index contributed by atoms with van der Waals surface area (Å²) in [4.78, 5) is 165. The van der Waals surface area contributed by atoms with Crippen LogP contribution in [0.1, 0.15) is 130 Å². The van der Waals surface area contributed by atoms with Crippen LogP contribution >= 0.6 is 11.6 Å². The summed E-state index contributed by atoms with van der Waals surface area (Å²) in [6.45, 7) is 1.50. The van der Waals surface area contributed by atoms with Crippen LogP contribution in [0.4, 0.5) is 0 Å². The number of halogens is 1. The van der Waals surface area contributed by atoms with Gasteiger partial charge in [0.1, 0.15) is 54.6 Å². The van der Waals surface area contributed by atoms with Crippen molar-refractivity contribution in [3.05, 3.63) is 11.8 Å². The number of esters is 1. The second-order valence-electron chi connectivity index (χ2n) is 20.5. The second-order valence-corrected chi connectivity index (χ2v) is 20.9. The molecule has 0 radical (unpaired) electrons. The Morgan fingerprint density at radius 1 is 0.651 bits per heavy atom. The Morgan fingerprint density at radius 2 is 1.17 bits per heavy atom. The Balaban J connectivity index is 4.08. The van der Waals surface area contributed by atoms with E-state index in [0.717, 1.165) is 64.4 Å².